The fraction of sp³-hybridized carbons (Fsp3) is 0.250. The number of piperidine rings is 1. The fourth-order valence-corrected chi connectivity index (χ4v) is 3.77. The molecule has 4 rings (SSSR count). The molecule has 1 aromatic heterocycles. The molecule has 0 bridgehead atoms. The summed E-state index contributed by atoms with van der Waals surface area (Å²) in [6.07, 6.45) is 3.55. The maximum absolute atomic E-state index is 13.1. The topological polar surface area (TPSA) is 36.1 Å². The van der Waals surface area contributed by atoms with Crippen molar-refractivity contribution in [3.05, 3.63) is 70.6 Å². The van der Waals surface area contributed by atoms with Crippen LogP contribution in [0.1, 0.15) is 34.7 Å². The number of nitrogens with one attached hydrogen (secondary N) is 1. The second kappa shape index (κ2) is 6.52. The van der Waals surface area contributed by atoms with Crippen LogP contribution >= 0.6 is 11.6 Å². The number of carbonyl (C=O) groups excluding carboxylic acids is 1. The zero-order valence-corrected chi connectivity index (χ0v) is 14.4. The molecule has 2 heterocycles. The minimum absolute atomic E-state index is 0.0473. The average molecular weight is 357 g/mol. The molecule has 2 aromatic carbocycles. The Kier molecular flexibility index (Phi) is 4.22. The number of aromatic nitrogens is 1. The average Bonchev–Trinajstić information content (AvgIpc) is 3.05. The van der Waals surface area contributed by atoms with Gasteiger partial charge < -0.3 is 9.88 Å². The Labute approximate surface area is 150 Å². The van der Waals surface area contributed by atoms with E-state index in [1.807, 2.05) is 29.2 Å². The van der Waals surface area contributed by atoms with Gasteiger partial charge in [-0.05, 0) is 48.6 Å². The first-order valence-electron chi connectivity index (χ1n) is 8.43. The van der Waals surface area contributed by atoms with Gasteiger partial charge in [0.15, 0.2) is 0 Å². The third kappa shape index (κ3) is 3.14. The third-order valence-electron chi connectivity index (χ3n) is 5.00. The Balaban J connectivity index is 1.48. The predicted molar refractivity (Wildman–Crippen MR) is 97.6 cm³/mol. The first kappa shape index (κ1) is 16.2. The Hall–Kier alpha value is -2.33. The van der Waals surface area contributed by atoms with Crippen molar-refractivity contribution < 1.29 is 9.18 Å². The zero-order valence-electron chi connectivity index (χ0n) is 13.6. The van der Waals surface area contributed by atoms with Crippen molar-refractivity contribution in [3.63, 3.8) is 0 Å². The van der Waals surface area contributed by atoms with Crippen molar-refractivity contribution in [3.8, 4) is 0 Å². The SMILES string of the molecule is O=C(c1c[nH]c2cc(Cl)ccc12)N1CCC(c2ccc(F)cc2)CC1. The van der Waals surface area contributed by atoms with E-state index in [1.165, 1.54) is 12.1 Å². The molecular weight excluding hydrogens is 339 g/mol. The van der Waals surface area contributed by atoms with E-state index >= 15 is 0 Å². The number of fused-ring (bicyclic) bond motifs is 1. The lowest BCUT2D eigenvalue weighted by atomic mass is 9.89. The number of carbonyl (C=O) groups is 1. The van der Waals surface area contributed by atoms with Crippen molar-refractivity contribution in [2.45, 2.75) is 18.8 Å². The van der Waals surface area contributed by atoms with Gasteiger partial charge >= 0.3 is 0 Å². The smallest absolute Gasteiger partial charge is 0.256 e. The summed E-state index contributed by atoms with van der Waals surface area (Å²) in [6.45, 7) is 1.42. The van der Waals surface area contributed by atoms with Crippen molar-refractivity contribution in [1.82, 2.24) is 9.88 Å². The van der Waals surface area contributed by atoms with Crippen LogP contribution < -0.4 is 0 Å². The molecule has 1 aliphatic heterocycles. The lowest BCUT2D eigenvalue weighted by molar-refractivity contribution is 0.0715. The molecule has 1 fully saturated rings. The van der Waals surface area contributed by atoms with Gasteiger partial charge in [0.05, 0.1) is 5.56 Å². The third-order valence-corrected chi connectivity index (χ3v) is 5.23. The summed E-state index contributed by atoms with van der Waals surface area (Å²) < 4.78 is 13.1. The maximum Gasteiger partial charge on any atom is 0.256 e. The van der Waals surface area contributed by atoms with Crippen LogP contribution in [0.25, 0.3) is 10.9 Å². The van der Waals surface area contributed by atoms with E-state index in [2.05, 4.69) is 4.98 Å². The van der Waals surface area contributed by atoms with E-state index in [4.69, 9.17) is 11.6 Å². The summed E-state index contributed by atoms with van der Waals surface area (Å²) in [7, 11) is 0. The van der Waals surface area contributed by atoms with E-state index in [1.54, 1.807) is 12.3 Å². The number of amides is 1. The van der Waals surface area contributed by atoms with Gasteiger partial charge in [0.25, 0.3) is 5.91 Å². The summed E-state index contributed by atoms with van der Waals surface area (Å²) in [4.78, 5) is 17.9. The number of H-pyrrole nitrogens is 1. The fourth-order valence-electron chi connectivity index (χ4n) is 3.60. The van der Waals surface area contributed by atoms with Crippen LogP contribution in [0.3, 0.4) is 0 Å². The quantitative estimate of drug-likeness (QED) is 0.690. The van der Waals surface area contributed by atoms with Gasteiger partial charge in [-0.15, -0.1) is 0 Å². The lowest BCUT2D eigenvalue weighted by Gasteiger charge is -2.32. The van der Waals surface area contributed by atoms with Crippen LogP contribution in [0.5, 0.6) is 0 Å². The Bertz CT molecular complexity index is 911. The molecule has 1 saturated heterocycles. The zero-order chi connectivity index (χ0) is 17.4. The first-order valence-corrected chi connectivity index (χ1v) is 8.81. The largest absolute Gasteiger partial charge is 0.360 e. The Morgan fingerprint density at radius 3 is 2.56 bits per heavy atom. The predicted octanol–water partition coefficient (Wildman–Crippen LogP) is 4.98. The number of rotatable bonds is 2. The highest BCUT2D eigenvalue weighted by molar-refractivity contribution is 6.31. The number of hydrogen-bond acceptors (Lipinski definition) is 1. The second-order valence-corrected chi connectivity index (χ2v) is 6.95. The molecule has 0 unspecified atom stereocenters. The van der Waals surface area contributed by atoms with Crippen molar-refractivity contribution >= 4 is 28.4 Å². The number of nitrogens with zero attached hydrogens (tertiary/aromatic N) is 1. The van der Waals surface area contributed by atoms with E-state index in [0.29, 0.717) is 29.6 Å². The minimum atomic E-state index is -0.212. The summed E-state index contributed by atoms with van der Waals surface area (Å²) in [5, 5.41) is 1.54. The van der Waals surface area contributed by atoms with Crippen molar-refractivity contribution in [1.29, 1.82) is 0 Å². The molecule has 5 heteroatoms. The summed E-state index contributed by atoms with van der Waals surface area (Å²) in [5.41, 5.74) is 2.71. The Morgan fingerprint density at radius 2 is 1.84 bits per heavy atom. The van der Waals surface area contributed by atoms with Crippen molar-refractivity contribution in [2.24, 2.45) is 0 Å². The molecule has 0 aliphatic carbocycles. The summed E-state index contributed by atoms with van der Waals surface area (Å²) >= 11 is 6.00. The standard InChI is InChI=1S/C20H18ClFN2O/c21-15-3-6-17-18(12-23-19(17)11-15)20(25)24-9-7-14(8-10-24)13-1-4-16(22)5-2-13/h1-6,11-12,14,23H,7-10H2. The number of halogens is 2. The molecular formula is C20H18ClFN2O. The number of benzene rings is 2. The van der Waals surface area contributed by atoms with Crippen molar-refractivity contribution in [2.75, 3.05) is 13.1 Å². The van der Waals surface area contributed by atoms with Gasteiger partial charge in [-0.2, -0.15) is 0 Å². The van der Waals surface area contributed by atoms with Crippen LogP contribution in [0.4, 0.5) is 4.39 Å². The van der Waals surface area contributed by atoms with Gasteiger partial charge in [0.2, 0.25) is 0 Å². The highest BCUT2D eigenvalue weighted by atomic mass is 35.5. The van der Waals surface area contributed by atoms with Gasteiger partial charge in [0.1, 0.15) is 5.82 Å². The normalized spacial score (nSPS) is 15.7. The van der Waals surface area contributed by atoms with Crippen LogP contribution in [-0.2, 0) is 0 Å². The first-order chi connectivity index (χ1) is 12.1. The van der Waals surface area contributed by atoms with Crippen LogP contribution in [-0.4, -0.2) is 28.9 Å². The molecule has 1 amide bonds. The molecule has 0 saturated carbocycles. The van der Waals surface area contributed by atoms with Crippen LogP contribution in [0.2, 0.25) is 5.02 Å². The van der Waals surface area contributed by atoms with Gasteiger partial charge in [-0.1, -0.05) is 29.8 Å². The van der Waals surface area contributed by atoms with Crippen LogP contribution in [0.15, 0.2) is 48.7 Å². The molecule has 0 spiro atoms. The molecule has 0 radical (unpaired) electrons. The molecule has 1 aliphatic rings. The summed E-state index contributed by atoms with van der Waals surface area (Å²) in [6, 6.07) is 12.2. The maximum atomic E-state index is 13.1. The van der Waals surface area contributed by atoms with E-state index in [-0.39, 0.29) is 11.7 Å². The van der Waals surface area contributed by atoms with Gasteiger partial charge in [-0.3, -0.25) is 4.79 Å². The molecule has 1 N–H and O–H groups in total. The van der Waals surface area contributed by atoms with Crippen LogP contribution in [0, 0.1) is 5.82 Å². The number of likely N-dealkylation sites (tertiary alicyclic amines) is 1. The highest BCUT2D eigenvalue weighted by Crippen LogP contribution is 2.30. The molecule has 0 atom stereocenters. The van der Waals surface area contributed by atoms with Gasteiger partial charge in [-0.25, -0.2) is 4.39 Å². The molecule has 3 nitrogen and oxygen atoms in total. The van der Waals surface area contributed by atoms with E-state index < -0.39 is 0 Å². The Morgan fingerprint density at radius 1 is 1.12 bits per heavy atom. The molecule has 128 valence electrons. The summed E-state index contributed by atoms with van der Waals surface area (Å²) in [5.74, 6) is 0.216. The number of aromatic amines is 1. The second-order valence-electron chi connectivity index (χ2n) is 6.51. The lowest BCUT2D eigenvalue weighted by Crippen LogP contribution is -2.37. The minimum Gasteiger partial charge on any atom is -0.360 e. The monoisotopic (exact) mass is 356 g/mol. The van der Waals surface area contributed by atoms with E-state index in [9.17, 15) is 9.18 Å². The highest BCUT2D eigenvalue weighted by Gasteiger charge is 2.26. The number of hydrogen-bond donors (Lipinski definition) is 1. The van der Waals surface area contributed by atoms with Gasteiger partial charge in [0, 0.05) is 35.2 Å². The molecule has 3 aromatic rings. The molecule has 25 heavy (non-hydrogen) atoms. The van der Waals surface area contributed by atoms with E-state index in [0.717, 1.165) is 29.3 Å².